The Morgan fingerprint density at radius 3 is 2.67 bits per heavy atom. The molecule has 0 heterocycles. The number of carbonyl (C=O) groups is 1. The van der Waals surface area contributed by atoms with E-state index >= 15 is 0 Å². The molecular formula is C9H10ClNO. The van der Waals surface area contributed by atoms with Crippen molar-refractivity contribution in [3.63, 3.8) is 0 Å². The van der Waals surface area contributed by atoms with Crippen LogP contribution in [0.25, 0.3) is 0 Å². The van der Waals surface area contributed by atoms with Crippen molar-refractivity contribution in [2.45, 2.75) is 13.8 Å². The summed E-state index contributed by atoms with van der Waals surface area (Å²) >= 11 is 5.86. The van der Waals surface area contributed by atoms with Crippen molar-refractivity contribution in [2.75, 3.05) is 5.32 Å². The first-order valence-corrected chi connectivity index (χ1v) is 4.01. The Kier molecular flexibility index (Phi) is 2.71. The number of anilines is 1. The van der Waals surface area contributed by atoms with Crippen molar-refractivity contribution in [3.8, 4) is 0 Å². The van der Waals surface area contributed by atoms with E-state index < -0.39 is 0 Å². The van der Waals surface area contributed by atoms with Gasteiger partial charge in [0.2, 0.25) is 5.91 Å². The van der Waals surface area contributed by atoms with E-state index in [1.54, 1.807) is 6.07 Å². The lowest BCUT2D eigenvalue weighted by Gasteiger charge is -2.04. The fourth-order valence-corrected chi connectivity index (χ4v) is 1.19. The van der Waals surface area contributed by atoms with E-state index in [2.05, 4.69) is 5.32 Å². The molecule has 1 rings (SSSR count). The number of nitrogens with one attached hydrogen (secondary N) is 1. The quantitative estimate of drug-likeness (QED) is 0.713. The minimum absolute atomic E-state index is 0.110. The van der Waals surface area contributed by atoms with E-state index in [-0.39, 0.29) is 5.91 Å². The summed E-state index contributed by atoms with van der Waals surface area (Å²) < 4.78 is 0. The number of benzene rings is 1. The number of hydrogen-bond acceptors (Lipinski definition) is 1. The van der Waals surface area contributed by atoms with Gasteiger partial charge in [0.15, 0.2) is 0 Å². The van der Waals surface area contributed by atoms with Gasteiger partial charge in [-0.25, -0.2) is 0 Å². The number of aryl methyl sites for hydroxylation is 1. The van der Waals surface area contributed by atoms with Crippen LogP contribution in [0.1, 0.15) is 12.5 Å². The maximum absolute atomic E-state index is 10.7. The van der Waals surface area contributed by atoms with Crippen LogP contribution >= 0.6 is 11.6 Å². The summed E-state index contributed by atoms with van der Waals surface area (Å²) in [6.45, 7) is 3.40. The summed E-state index contributed by atoms with van der Waals surface area (Å²) in [5, 5.41) is 3.20. The molecule has 0 aromatic heterocycles. The number of rotatable bonds is 1. The number of amides is 1. The number of hydrogen-bond donors (Lipinski definition) is 1. The average molecular weight is 184 g/mol. The molecule has 0 saturated carbocycles. The summed E-state index contributed by atoms with van der Waals surface area (Å²) in [6.07, 6.45) is 0. The van der Waals surface area contributed by atoms with Crippen LogP contribution in [0.4, 0.5) is 5.69 Å². The van der Waals surface area contributed by atoms with Crippen LogP contribution in [-0.4, -0.2) is 5.91 Å². The molecule has 0 unspecified atom stereocenters. The van der Waals surface area contributed by atoms with E-state index in [1.807, 2.05) is 19.1 Å². The third kappa shape index (κ3) is 2.24. The smallest absolute Gasteiger partial charge is 0.221 e. The lowest BCUT2D eigenvalue weighted by Crippen LogP contribution is -2.05. The SMILES string of the molecule is CC(=O)Nc1ccc(C)cc1Cl. The molecule has 64 valence electrons. The maximum Gasteiger partial charge on any atom is 0.221 e. The average Bonchev–Trinajstić information content (AvgIpc) is 1.94. The first kappa shape index (κ1) is 9.07. The Bertz CT molecular complexity index is 309. The highest BCUT2D eigenvalue weighted by Crippen LogP contribution is 2.22. The van der Waals surface area contributed by atoms with E-state index in [4.69, 9.17) is 11.6 Å². The molecule has 0 radical (unpaired) electrons. The number of halogens is 1. The topological polar surface area (TPSA) is 29.1 Å². The molecule has 2 nitrogen and oxygen atoms in total. The van der Waals surface area contributed by atoms with E-state index in [1.165, 1.54) is 6.92 Å². The monoisotopic (exact) mass is 183 g/mol. The minimum atomic E-state index is -0.110. The van der Waals surface area contributed by atoms with Gasteiger partial charge in [-0.2, -0.15) is 0 Å². The number of carbonyl (C=O) groups excluding carboxylic acids is 1. The van der Waals surface area contributed by atoms with Crippen LogP contribution in [0.15, 0.2) is 18.2 Å². The summed E-state index contributed by atoms with van der Waals surface area (Å²) in [6, 6.07) is 5.50. The normalized spacial score (nSPS) is 9.58. The van der Waals surface area contributed by atoms with Crippen LogP contribution in [0.2, 0.25) is 5.02 Å². The Labute approximate surface area is 76.5 Å². The lowest BCUT2D eigenvalue weighted by atomic mass is 10.2. The molecule has 1 amide bonds. The minimum Gasteiger partial charge on any atom is -0.325 e. The van der Waals surface area contributed by atoms with Gasteiger partial charge in [-0.15, -0.1) is 0 Å². The molecule has 0 aliphatic rings. The predicted octanol–water partition coefficient (Wildman–Crippen LogP) is 2.61. The van der Waals surface area contributed by atoms with Gasteiger partial charge in [-0.3, -0.25) is 4.79 Å². The Morgan fingerprint density at radius 2 is 2.17 bits per heavy atom. The molecule has 12 heavy (non-hydrogen) atoms. The Balaban J connectivity index is 2.93. The molecule has 1 N–H and O–H groups in total. The molecule has 1 aromatic carbocycles. The molecule has 0 spiro atoms. The van der Waals surface area contributed by atoms with E-state index in [9.17, 15) is 4.79 Å². The second-order valence-corrected chi connectivity index (χ2v) is 3.07. The Hall–Kier alpha value is -1.02. The van der Waals surface area contributed by atoms with Crippen molar-refractivity contribution in [2.24, 2.45) is 0 Å². The van der Waals surface area contributed by atoms with Crippen LogP contribution in [-0.2, 0) is 4.79 Å². The highest BCUT2D eigenvalue weighted by Gasteiger charge is 2.00. The van der Waals surface area contributed by atoms with E-state index in [0.29, 0.717) is 10.7 Å². The lowest BCUT2D eigenvalue weighted by molar-refractivity contribution is -0.114. The zero-order valence-electron chi connectivity index (χ0n) is 7.02. The van der Waals surface area contributed by atoms with Crippen LogP contribution in [0.3, 0.4) is 0 Å². The molecule has 0 aliphatic heterocycles. The third-order valence-electron chi connectivity index (χ3n) is 1.44. The summed E-state index contributed by atoms with van der Waals surface area (Å²) in [4.78, 5) is 10.7. The van der Waals surface area contributed by atoms with Crippen molar-refractivity contribution in [1.82, 2.24) is 0 Å². The van der Waals surface area contributed by atoms with Crippen molar-refractivity contribution >= 4 is 23.2 Å². The van der Waals surface area contributed by atoms with Gasteiger partial charge in [-0.1, -0.05) is 17.7 Å². The fraction of sp³-hybridized carbons (Fsp3) is 0.222. The van der Waals surface area contributed by atoms with Crippen LogP contribution in [0.5, 0.6) is 0 Å². The first-order chi connectivity index (χ1) is 5.59. The largest absolute Gasteiger partial charge is 0.325 e. The van der Waals surface area contributed by atoms with Gasteiger partial charge in [0.05, 0.1) is 10.7 Å². The molecule has 3 heteroatoms. The molecule has 1 aromatic rings. The summed E-state index contributed by atoms with van der Waals surface area (Å²) in [7, 11) is 0. The highest BCUT2D eigenvalue weighted by atomic mass is 35.5. The summed E-state index contributed by atoms with van der Waals surface area (Å²) in [5.74, 6) is -0.110. The molecule has 0 atom stereocenters. The molecule has 0 saturated heterocycles. The highest BCUT2D eigenvalue weighted by molar-refractivity contribution is 6.33. The van der Waals surface area contributed by atoms with Gasteiger partial charge in [0.25, 0.3) is 0 Å². The molecule has 0 bridgehead atoms. The molecule has 0 fully saturated rings. The molecular weight excluding hydrogens is 174 g/mol. The van der Waals surface area contributed by atoms with Gasteiger partial charge in [-0.05, 0) is 24.6 Å². The van der Waals surface area contributed by atoms with Gasteiger partial charge in [0, 0.05) is 6.92 Å². The van der Waals surface area contributed by atoms with Gasteiger partial charge < -0.3 is 5.32 Å². The van der Waals surface area contributed by atoms with E-state index in [0.717, 1.165) is 5.56 Å². The van der Waals surface area contributed by atoms with Gasteiger partial charge >= 0.3 is 0 Å². The predicted molar refractivity (Wildman–Crippen MR) is 50.5 cm³/mol. The standard InChI is InChI=1S/C9H10ClNO/c1-6-3-4-9(8(10)5-6)11-7(2)12/h3-5H,1-2H3,(H,11,12). The van der Waals surface area contributed by atoms with Crippen molar-refractivity contribution in [1.29, 1.82) is 0 Å². The van der Waals surface area contributed by atoms with Crippen LogP contribution < -0.4 is 5.32 Å². The second kappa shape index (κ2) is 3.59. The summed E-state index contributed by atoms with van der Waals surface area (Å²) in [5.41, 5.74) is 1.74. The maximum atomic E-state index is 10.7. The second-order valence-electron chi connectivity index (χ2n) is 2.66. The van der Waals surface area contributed by atoms with Crippen LogP contribution in [0, 0.1) is 6.92 Å². The third-order valence-corrected chi connectivity index (χ3v) is 1.75. The van der Waals surface area contributed by atoms with Crippen molar-refractivity contribution < 1.29 is 4.79 Å². The zero-order chi connectivity index (χ0) is 9.14. The first-order valence-electron chi connectivity index (χ1n) is 3.63. The zero-order valence-corrected chi connectivity index (χ0v) is 7.77. The van der Waals surface area contributed by atoms with Gasteiger partial charge in [0.1, 0.15) is 0 Å². The van der Waals surface area contributed by atoms with Crippen molar-refractivity contribution in [3.05, 3.63) is 28.8 Å². The fourth-order valence-electron chi connectivity index (χ4n) is 0.911. The Morgan fingerprint density at radius 1 is 1.50 bits per heavy atom. The molecule has 0 aliphatic carbocycles.